The zero-order chi connectivity index (χ0) is 12.3. The lowest BCUT2D eigenvalue weighted by Crippen LogP contribution is -2.23. The summed E-state index contributed by atoms with van der Waals surface area (Å²) in [6.45, 7) is 3.18. The molecule has 5 heteroatoms. The van der Waals surface area contributed by atoms with Gasteiger partial charge in [-0.2, -0.15) is 9.78 Å². The third kappa shape index (κ3) is 2.60. The Balaban J connectivity index is 2.35. The highest BCUT2D eigenvalue weighted by Gasteiger charge is 2.20. The van der Waals surface area contributed by atoms with Crippen LogP contribution in [0.5, 0.6) is 0 Å². The number of hydrogen-bond acceptors (Lipinski definition) is 3. The van der Waals surface area contributed by atoms with Crippen LogP contribution in [-0.4, -0.2) is 21.4 Å². The summed E-state index contributed by atoms with van der Waals surface area (Å²) >= 11 is 5.06. The van der Waals surface area contributed by atoms with Gasteiger partial charge in [0.05, 0.1) is 5.69 Å². The number of rotatable bonds is 3. The van der Waals surface area contributed by atoms with Crippen molar-refractivity contribution in [2.45, 2.75) is 45.4 Å². The molecule has 3 N–H and O–H groups in total. The van der Waals surface area contributed by atoms with Gasteiger partial charge in [-0.3, -0.25) is 0 Å². The number of nitrogens with two attached hydrogens (primary N) is 1. The van der Waals surface area contributed by atoms with E-state index in [2.05, 4.69) is 17.3 Å². The summed E-state index contributed by atoms with van der Waals surface area (Å²) in [7, 11) is 0. The maximum absolute atomic E-state index is 5.72. The first-order chi connectivity index (χ1) is 8.24. The summed E-state index contributed by atoms with van der Waals surface area (Å²) in [6.07, 6.45) is 6.87. The number of fused-ring (bicyclic) bond motifs is 1. The molecule has 0 bridgehead atoms. The first kappa shape index (κ1) is 12.4. The predicted octanol–water partition coefficient (Wildman–Crippen LogP) is 2.07. The average Bonchev–Trinajstić information content (AvgIpc) is 2.49. The molecule has 0 saturated carbocycles. The molecule has 0 radical (unpaired) electrons. The molecule has 1 aromatic heterocycles. The molecule has 0 atom stereocenters. The van der Waals surface area contributed by atoms with Crippen molar-refractivity contribution in [2.24, 2.45) is 5.73 Å². The Morgan fingerprint density at radius 3 is 3.06 bits per heavy atom. The number of thiocarbonyl (C=S) groups is 1. The summed E-state index contributed by atoms with van der Waals surface area (Å²) in [4.78, 5) is 0. The van der Waals surface area contributed by atoms with Gasteiger partial charge >= 0.3 is 0 Å². The van der Waals surface area contributed by atoms with Gasteiger partial charge in [-0.05, 0) is 44.3 Å². The van der Waals surface area contributed by atoms with Crippen molar-refractivity contribution in [2.75, 3.05) is 11.9 Å². The molecule has 17 heavy (non-hydrogen) atoms. The summed E-state index contributed by atoms with van der Waals surface area (Å²) in [6, 6.07) is 0. The van der Waals surface area contributed by atoms with E-state index in [0.717, 1.165) is 25.2 Å². The second kappa shape index (κ2) is 5.49. The van der Waals surface area contributed by atoms with E-state index in [9.17, 15) is 0 Å². The minimum Gasteiger partial charge on any atom is -0.374 e. The van der Waals surface area contributed by atoms with Crippen LogP contribution in [0, 0.1) is 0 Å². The topological polar surface area (TPSA) is 55.9 Å². The van der Waals surface area contributed by atoms with Crippen LogP contribution in [0.4, 0.5) is 5.82 Å². The number of aryl methyl sites for hydroxylation is 1. The molecular weight excluding hydrogens is 232 g/mol. The summed E-state index contributed by atoms with van der Waals surface area (Å²) in [5.41, 5.74) is 8.22. The van der Waals surface area contributed by atoms with Crippen molar-refractivity contribution in [3.8, 4) is 0 Å². The van der Waals surface area contributed by atoms with E-state index < -0.39 is 0 Å². The molecule has 4 nitrogen and oxygen atoms in total. The summed E-state index contributed by atoms with van der Waals surface area (Å²) < 4.78 is 1.70. The van der Waals surface area contributed by atoms with Gasteiger partial charge in [0.1, 0.15) is 5.82 Å². The van der Waals surface area contributed by atoms with Crippen molar-refractivity contribution in [1.29, 1.82) is 0 Å². The maximum Gasteiger partial charge on any atom is 0.193 e. The van der Waals surface area contributed by atoms with Crippen LogP contribution in [-0.2, 0) is 12.8 Å². The van der Waals surface area contributed by atoms with Gasteiger partial charge in [-0.15, -0.1) is 0 Å². The van der Waals surface area contributed by atoms with Crippen molar-refractivity contribution in [3.63, 3.8) is 0 Å². The van der Waals surface area contributed by atoms with Crippen LogP contribution in [0.2, 0.25) is 0 Å². The third-order valence-electron chi connectivity index (χ3n) is 3.19. The highest BCUT2D eigenvalue weighted by Crippen LogP contribution is 2.26. The Bertz CT molecular complexity index is 411. The standard InChI is InChI=1S/C12H20N4S/c1-2-3-7-10-9-6-4-5-8-14-11(9)16(15-10)12(13)17/h14H,2-8H2,1H3,(H2,13,17). The smallest absolute Gasteiger partial charge is 0.193 e. The molecule has 0 spiro atoms. The molecule has 94 valence electrons. The third-order valence-corrected chi connectivity index (χ3v) is 3.36. The Morgan fingerprint density at radius 2 is 2.35 bits per heavy atom. The quantitative estimate of drug-likeness (QED) is 0.809. The maximum atomic E-state index is 5.72. The minimum atomic E-state index is 0.332. The lowest BCUT2D eigenvalue weighted by Gasteiger charge is -2.06. The second-order valence-electron chi connectivity index (χ2n) is 4.51. The van der Waals surface area contributed by atoms with Crippen molar-refractivity contribution in [1.82, 2.24) is 9.78 Å². The molecule has 1 aliphatic heterocycles. The zero-order valence-corrected chi connectivity index (χ0v) is 11.1. The molecule has 0 aliphatic carbocycles. The summed E-state index contributed by atoms with van der Waals surface area (Å²) in [5.74, 6) is 1.03. The average molecular weight is 252 g/mol. The van der Waals surface area contributed by atoms with Gasteiger partial charge in [0, 0.05) is 12.1 Å². The molecule has 2 heterocycles. The number of hydrogen-bond donors (Lipinski definition) is 2. The van der Waals surface area contributed by atoms with Gasteiger partial charge in [-0.25, -0.2) is 0 Å². The fourth-order valence-corrected chi connectivity index (χ4v) is 2.41. The molecule has 0 amide bonds. The minimum absolute atomic E-state index is 0.332. The Morgan fingerprint density at radius 1 is 1.53 bits per heavy atom. The lowest BCUT2D eigenvalue weighted by molar-refractivity contribution is 0.734. The number of nitrogens with zero attached hydrogens (tertiary/aromatic N) is 2. The summed E-state index contributed by atoms with van der Waals surface area (Å²) in [5, 5.41) is 8.30. The van der Waals surface area contributed by atoms with Crippen molar-refractivity contribution in [3.05, 3.63) is 11.3 Å². The number of nitrogens with one attached hydrogen (secondary N) is 1. The number of aromatic nitrogens is 2. The highest BCUT2D eigenvalue weighted by atomic mass is 32.1. The van der Waals surface area contributed by atoms with Crippen LogP contribution < -0.4 is 11.1 Å². The van der Waals surface area contributed by atoms with Gasteiger partial charge < -0.3 is 11.1 Å². The van der Waals surface area contributed by atoms with Crippen LogP contribution in [0.25, 0.3) is 0 Å². The molecule has 2 rings (SSSR count). The van der Waals surface area contributed by atoms with Crippen LogP contribution >= 0.6 is 12.2 Å². The van der Waals surface area contributed by atoms with Gasteiger partial charge in [0.25, 0.3) is 0 Å². The van der Waals surface area contributed by atoms with Gasteiger partial charge in [0.2, 0.25) is 0 Å². The fraction of sp³-hybridized carbons (Fsp3) is 0.667. The highest BCUT2D eigenvalue weighted by molar-refractivity contribution is 7.80. The Labute approximate surface area is 108 Å². The van der Waals surface area contributed by atoms with E-state index in [1.807, 2.05) is 0 Å². The van der Waals surface area contributed by atoms with E-state index in [-0.39, 0.29) is 0 Å². The molecule has 0 unspecified atom stereocenters. The van der Waals surface area contributed by atoms with Gasteiger partial charge in [0.15, 0.2) is 5.11 Å². The van der Waals surface area contributed by atoms with Crippen LogP contribution in [0.1, 0.15) is 43.9 Å². The Kier molecular flexibility index (Phi) is 3.99. The fourth-order valence-electron chi connectivity index (χ4n) is 2.28. The van der Waals surface area contributed by atoms with E-state index in [1.54, 1.807) is 4.68 Å². The molecule has 1 aliphatic rings. The SMILES string of the molecule is CCCCc1nn(C(N)=S)c2c1CCCCN2. The monoisotopic (exact) mass is 252 g/mol. The second-order valence-corrected chi connectivity index (χ2v) is 4.93. The zero-order valence-electron chi connectivity index (χ0n) is 10.3. The lowest BCUT2D eigenvalue weighted by atomic mass is 10.1. The molecule has 1 aromatic rings. The first-order valence-electron chi connectivity index (χ1n) is 6.38. The van der Waals surface area contributed by atoms with Gasteiger partial charge in [-0.1, -0.05) is 13.3 Å². The first-order valence-corrected chi connectivity index (χ1v) is 6.79. The largest absolute Gasteiger partial charge is 0.374 e. The van der Waals surface area contributed by atoms with E-state index in [1.165, 1.54) is 36.9 Å². The number of anilines is 1. The van der Waals surface area contributed by atoms with Crippen LogP contribution in [0.15, 0.2) is 0 Å². The Hall–Kier alpha value is -1.10. The van der Waals surface area contributed by atoms with E-state index in [4.69, 9.17) is 18.0 Å². The molecule has 0 aromatic carbocycles. The van der Waals surface area contributed by atoms with E-state index in [0.29, 0.717) is 5.11 Å². The van der Waals surface area contributed by atoms with Crippen molar-refractivity contribution < 1.29 is 0 Å². The predicted molar refractivity (Wildman–Crippen MR) is 74.5 cm³/mol. The molecule has 0 saturated heterocycles. The normalized spacial score (nSPS) is 14.9. The number of unbranched alkanes of at least 4 members (excludes halogenated alkanes) is 1. The van der Waals surface area contributed by atoms with E-state index >= 15 is 0 Å². The molecule has 0 fully saturated rings. The van der Waals surface area contributed by atoms with Crippen LogP contribution in [0.3, 0.4) is 0 Å². The van der Waals surface area contributed by atoms with Crippen molar-refractivity contribution >= 4 is 23.1 Å². The molecular formula is C12H20N4S.